The summed E-state index contributed by atoms with van der Waals surface area (Å²) >= 11 is 0. The van der Waals surface area contributed by atoms with Gasteiger partial charge >= 0.3 is 5.63 Å². The predicted octanol–water partition coefficient (Wildman–Crippen LogP) is 4.38. The van der Waals surface area contributed by atoms with E-state index < -0.39 is 0 Å². The first kappa shape index (κ1) is 18.0. The number of unbranched alkanes of at least 4 members (excludes halogenated alkanes) is 2. The summed E-state index contributed by atoms with van der Waals surface area (Å²) in [6, 6.07) is 12.7. The lowest BCUT2D eigenvalue weighted by Crippen LogP contribution is -2.01. The van der Waals surface area contributed by atoms with Crippen LogP contribution in [0, 0.1) is 0 Å². The number of hydrogen-bond donors (Lipinski definition) is 0. The molecule has 1 aromatic carbocycles. The minimum atomic E-state index is -0.353. The molecule has 0 atom stereocenters. The van der Waals surface area contributed by atoms with E-state index in [0.29, 0.717) is 24.5 Å². The smallest absolute Gasteiger partial charge is 0.336 e. The fraction of sp³-hybridized carbons (Fsp3) is 0.333. The Balaban J connectivity index is 1.34. The van der Waals surface area contributed by atoms with Gasteiger partial charge in [-0.15, -0.1) is 0 Å². The Hall–Kier alpha value is -2.82. The van der Waals surface area contributed by atoms with Crippen molar-refractivity contribution in [1.82, 2.24) is 4.98 Å². The average Bonchev–Trinajstić information content (AvgIpc) is 2.67. The number of ether oxygens (including phenoxy) is 2. The van der Waals surface area contributed by atoms with Gasteiger partial charge in [-0.05, 0) is 56.0 Å². The van der Waals surface area contributed by atoms with Crippen molar-refractivity contribution >= 4 is 11.0 Å². The number of rotatable bonds is 9. The van der Waals surface area contributed by atoms with Gasteiger partial charge in [0.05, 0.1) is 19.4 Å². The van der Waals surface area contributed by atoms with E-state index in [4.69, 9.17) is 13.9 Å². The minimum absolute atomic E-state index is 0.353. The zero-order chi connectivity index (χ0) is 18.2. The number of nitrogens with zero attached hydrogens (tertiary/aromatic N) is 1. The molecule has 0 unspecified atom stereocenters. The molecule has 3 rings (SSSR count). The molecule has 0 aliphatic carbocycles. The molecule has 0 aliphatic heterocycles. The van der Waals surface area contributed by atoms with Crippen molar-refractivity contribution in [2.75, 3.05) is 13.2 Å². The van der Waals surface area contributed by atoms with Gasteiger partial charge in [0.2, 0.25) is 0 Å². The lowest BCUT2D eigenvalue weighted by Gasteiger charge is -2.08. The molecule has 0 radical (unpaired) electrons. The van der Waals surface area contributed by atoms with Crippen LogP contribution in [-0.4, -0.2) is 18.2 Å². The summed E-state index contributed by atoms with van der Waals surface area (Å²) in [6.07, 6.45) is 5.63. The topological polar surface area (TPSA) is 61.6 Å². The number of pyridine rings is 1. The Kier molecular flexibility index (Phi) is 6.25. The highest BCUT2D eigenvalue weighted by Crippen LogP contribution is 2.19. The maximum atomic E-state index is 11.3. The quantitative estimate of drug-likeness (QED) is 0.422. The van der Waals surface area contributed by atoms with Gasteiger partial charge in [-0.1, -0.05) is 6.92 Å². The van der Waals surface area contributed by atoms with Gasteiger partial charge in [0, 0.05) is 23.2 Å². The van der Waals surface area contributed by atoms with Crippen LogP contribution in [0.5, 0.6) is 11.5 Å². The second-order valence-electron chi connectivity index (χ2n) is 6.05. The molecule has 0 saturated carbocycles. The Bertz CT molecular complexity index is 886. The monoisotopic (exact) mass is 353 g/mol. The lowest BCUT2D eigenvalue weighted by molar-refractivity contribution is 0.279. The van der Waals surface area contributed by atoms with Crippen LogP contribution in [0.2, 0.25) is 0 Å². The Morgan fingerprint density at radius 1 is 0.923 bits per heavy atom. The molecular weight excluding hydrogens is 330 g/mol. The van der Waals surface area contributed by atoms with Crippen LogP contribution in [0.25, 0.3) is 11.0 Å². The number of fused-ring (bicyclic) bond motifs is 1. The molecular formula is C21H23NO4. The minimum Gasteiger partial charge on any atom is -0.493 e. The number of hydrogen-bond acceptors (Lipinski definition) is 5. The van der Waals surface area contributed by atoms with Gasteiger partial charge in [-0.2, -0.15) is 0 Å². The van der Waals surface area contributed by atoms with Gasteiger partial charge in [0.1, 0.15) is 17.1 Å². The summed E-state index contributed by atoms with van der Waals surface area (Å²) < 4.78 is 16.6. The maximum absolute atomic E-state index is 11.3. The SMILES string of the molecule is CCc1ccc(OCCCCCOc2ccc3ccc(=O)oc3c2)cn1. The van der Waals surface area contributed by atoms with E-state index in [9.17, 15) is 4.79 Å². The molecule has 0 saturated heterocycles. The number of benzene rings is 1. The standard InChI is InChI=1S/C21H23NO4/c1-2-17-8-10-19(15-22-17)25-13-5-3-4-12-24-18-9-6-16-7-11-21(23)26-20(16)14-18/h6-11,14-15H,2-5,12-13H2,1H3. The third kappa shape index (κ3) is 5.09. The molecule has 26 heavy (non-hydrogen) atoms. The molecule has 0 N–H and O–H groups in total. The van der Waals surface area contributed by atoms with E-state index in [-0.39, 0.29) is 5.63 Å². The first-order chi connectivity index (χ1) is 12.7. The number of aromatic nitrogens is 1. The van der Waals surface area contributed by atoms with E-state index in [1.807, 2.05) is 24.3 Å². The molecule has 5 heteroatoms. The van der Waals surface area contributed by atoms with Crippen molar-refractivity contribution in [2.24, 2.45) is 0 Å². The molecule has 0 bridgehead atoms. The van der Waals surface area contributed by atoms with Crippen LogP contribution in [0.1, 0.15) is 31.9 Å². The molecule has 3 aromatic rings. The normalized spacial score (nSPS) is 10.8. The number of aryl methyl sites for hydroxylation is 1. The largest absolute Gasteiger partial charge is 0.493 e. The fourth-order valence-electron chi connectivity index (χ4n) is 2.60. The predicted molar refractivity (Wildman–Crippen MR) is 101 cm³/mol. The summed E-state index contributed by atoms with van der Waals surface area (Å²) in [4.78, 5) is 15.6. The molecule has 2 aromatic heterocycles. The molecule has 0 fully saturated rings. The summed E-state index contributed by atoms with van der Waals surface area (Å²) in [5, 5.41) is 0.885. The van der Waals surface area contributed by atoms with Gasteiger partial charge in [0.25, 0.3) is 0 Å². The van der Waals surface area contributed by atoms with Crippen molar-refractivity contribution in [1.29, 1.82) is 0 Å². The molecule has 0 spiro atoms. The first-order valence-electron chi connectivity index (χ1n) is 8.99. The van der Waals surface area contributed by atoms with Crippen molar-refractivity contribution in [3.05, 3.63) is 64.8 Å². The lowest BCUT2D eigenvalue weighted by atomic mass is 10.2. The highest BCUT2D eigenvalue weighted by Gasteiger charge is 2.01. The summed E-state index contributed by atoms with van der Waals surface area (Å²) in [5.74, 6) is 1.53. The van der Waals surface area contributed by atoms with Crippen LogP contribution in [0.15, 0.2) is 57.9 Å². The van der Waals surface area contributed by atoms with Crippen LogP contribution < -0.4 is 15.1 Å². The van der Waals surface area contributed by atoms with Crippen LogP contribution in [0.3, 0.4) is 0 Å². The second-order valence-corrected chi connectivity index (χ2v) is 6.05. The van der Waals surface area contributed by atoms with E-state index in [0.717, 1.165) is 42.5 Å². The van der Waals surface area contributed by atoms with E-state index in [1.54, 1.807) is 18.3 Å². The van der Waals surface area contributed by atoms with Gasteiger partial charge < -0.3 is 13.9 Å². The van der Waals surface area contributed by atoms with Gasteiger partial charge in [-0.3, -0.25) is 4.98 Å². The third-order valence-electron chi connectivity index (χ3n) is 4.08. The molecule has 2 heterocycles. The summed E-state index contributed by atoms with van der Waals surface area (Å²) in [7, 11) is 0. The highest BCUT2D eigenvalue weighted by molar-refractivity contribution is 5.77. The van der Waals surface area contributed by atoms with Crippen LogP contribution in [-0.2, 0) is 6.42 Å². The Morgan fingerprint density at radius 3 is 2.38 bits per heavy atom. The Labute approximate surface area is 152 Å². The highest BCUT2D eigenvalue weighted by atomic mass is 16.5. The van der Waals surface area contributed by atoms with E-state index in [1.165, 1.54) is 6.07 Å². The van der Waals surface area contributed by atoms with E-state index >= 15 is 0 Å². The summed E-state index contributed by atoms with van der Waals surface area (Å²) in [6.45, 7) is 3.38. The van der Waals surface area contributed by atoms with Crippen LogP contribution in [0.4, 0.5) is 0 Å². The van der Waals surface area contributed by atoms with Crippen molar-refractivity contribution in [3.63, 3.8) is 0 Å². The Morgan fingerprint density at radius 2 is 1.65 bits per heavy atom. The first-order valence-corrected chi connectivity index (χ1v) is 8.99. The van der Waals surface area contributed by atoms with Crippen molar-refractivity contribution < 1.29 is 13.9 Å². The average molecular weight is 353 g/mol. The zero-order valence-corrected chi connectivity index (χ0v) is 14.9. The van der Waals surface area contributed by atoms with Gasteiger partial charge in [-0.25, -0.2) is 4.79 Å². The van der Waals surface area contributed by atoms with Crippen LogP contribution >= 0.6 is 0 Å². The molecule has 5 nitrogen and oxygen atoms in total. The summed E-state index contributed by atoms with van der Waals surface area (Å²) in [5.41, 5.74) is 1.27. The fourth-order valence-corrected chi connectivity index (χ4v) is 2.60. The van der Waals surface area contributed by atoms with Crippen molar-refractivity contribution in [3.8, 4) is 11.5 Å². The van der Waals surface area contributed by atoms with Gasteiger partial charge in [0.15, 0.2) is 0 Å². The molecule has 136 valence electrons. The zero-order valence-electron chi connectivity index (χ0n) is 14.9. The molecule has 0 amide bonds. The van der Waals surface area contributed by atoms with E-state index in [2.05, 4.69) is 11.9 Å². The van der Waals surface area contributed by atoms with Crippen molar-refractivity contribution in [2.45, 2.75) is 32.6 Å². The second kappa shape index (κ2) is 9.04. The molecule has 0 aliphatic rings. The maximum Gasteiger partial charge on any atom is 0.336 e. The third-order valence-corrected chi connectivity index (χ3v) is 4.08.